The van der Waals surface area contributed by atoms with Gasteiger partial charge in [-0.3, -0.25) is 4.79 Å². The van der Waals surface area contributed by atoms with Crippen LogP contribution in [0.15, 0.2) is 11.6 Å². The van der Waals surface area contributed by atoms with Gasteiger partial charge in [0.2, 0.25) is 0 Å². The number of esters is 1. The molecule has 0 aliphatic heterocycles. The molecule has 3 unspecified atom stereocenters. The summed E-state index contributed by atoms with van der Waals surface area (Å²) in [6, 6.07) is 0. The molecule has 0 heterocycles. The molecular formula is C34H59NO3. The van der Waals surface area contributed by atoms with Gasteiger partial charge >= 0.3 is 5.97 Å². The van der Waals surface area contributed by atoms with Gasteiger partial charge in [-0.25, -0.2) is 0 Å². The minimum Gasteiger partial charge on any atom is -0.465 e. The second kappa shape index (κ2) is 13.2. The molecule has 4 nitrogen and oxygen atoms in total. The van der Waals surface area contributed by atoms with Crippen LogP contribution in [0.3, 0.4) is 0 Å². The summed E-state index contributed by atoms with van der Waals surface area (Å²) in [6.07, 6.45) is 19.0. The van der Waals surface area contributed by atoms with E-state index in [1.165, 1.54) is 64.2 Å². The number of hydrogen-bond acceptors (Lipinski definition) is 4. The molecule has 3 fully saturated rings. The summed E-state index contributed by atoms with van der Waals surface area (Å²) in [5.74, 6) is 5.21. The van der Waals surface area contributed by atoms with Gasteiger partial charge in [0.15, 0.2) is 0 Å². The zero-order chi connectivity index (χ0) is 27.3. The van der Waals surface area contributed by atoms with Crippen LogP contribution >= 0.6 is 0 Å². The average Bonchev–Trinajstić information content (AvgIpc) is 3.23. The molecule has 8 atom stereocenters. The number of hydrogen-bond donors (Lipinski definition) is 1. The second-order valence-corrected chi connectivity index (χ2v) is 14.4. The Balaban J connectivity index is 1.28. The van der Waals surface area contributed by atoms with Crippen LogP contribution in [0.4, 0.5) is 0 Å². The van der Waals surface area contributed by atoms with Gasteiger partial charge in [-0.1, -0.05) is 65.5 Å². The first kappa shape index (κ1) is 30.1. The van der Waals surface area contributed by atoms with Crippen molar-refractivity contribution in [3.63, 3.8) is 0 Å². The number of carbonyl (C=O) groups excluding carboxylic acids is 1. The lowest BCUT2D eigenvalue weighted by Crippen LogP contribution is -2.51. The Morgan fingerprint density at radius 2 is 1.87 bits per heavy atom. The molecule has 4 rings (SSSR count). The van der Waals surface area contributed by atoms with E-state index in [0.717, 1.165) is 61.5 Å². The standard InChI is InChI=1S/C34H59NO3/c1-7-37-32(36)23-35-20-9-21-38-27-16-18-33(5)26(22-27)12-13-28-30-15-14-29(25(4)11-8-10-24(2)3)34(30,6)19-17-31(28)33/h12,24-25,27-31,35H,7-11,13-23H2,1-6H3/t25-,27+,28?,29-,30?,31?,33+,34-/m1/s1. The minimum absolute atomic E-state index is 0.171. The first-order chi connectivity index (χ1) is 18.2. The summed E-state index contributed by atoms with van der Waals surface area (Å²) in [4.78, 5) is 11.4. The molecule has 4 aliphatic rings. The van der Waals surface area contributed by atoms with Crippen molar-refractivity contribution in [3.8, 4) is 0 Å². The van der Waals surface area contributed by atoms with Crippen LogP contribution in [0.1, 0.15) is 119 Å². The van der Waals surface area contributed by atoms with Crippen LogP contribution in [-0.2, 0) is 14.3 Å². The van der Waals surface area contributed by atoms with E-state index in [9.17, 15) is 4.79 Å². The van der Waals surface area contributed by atoms with Crippen LogP contribution in [0.5, 0.6) is 0 Å². The Bertz CT molecular complexity index is 808. The van der Waals surface area contributed by atoms with E-state index in [2.05, 4.69) is 46.0 Å². The molecular weight excluding hydrogens is 470 g/mol. The maximum Gasteiger partial charge on any atom is 0.319 e. The van der Waals surface area contributed by atoms with E-state index in [4.69, 9.17) is 9.47 Å². The third-order valence-electron chi connectivity index (χ3n) is 11.7. The van der Waals surface area contributed by atoms with E-state index in [1.54, 1.807) is 5.57 Å². The van der Waals surface area contributed by atoms with E-state index in [-0.39, 0.29) is 5.97 Å². The molecule has 0 aromatic rings. The van der Waals surface area contributed by atoms with Crippen molar-refractivity contribution >= 4 is 5.97 Å². The fourth-order valence-electron chi connectivity index (χ4n) is 9.64. The highest BCUT2D eigenvalue weighted by molar-refractivity contribution is 5.71. The van der Waals surface area contributed by atoms with Crippen LogP contribution in [0, 0.1) is 46.3 Å². The van der Waals surface area contributed by atoms with Crippen LogP contribution in [0.25, 0.3) is 0 Å². The summed E-state index contributed by atoms with van der Waals surface area (Å²) < 4.78 is 11.3. The Morgan fingerprint density at radius 1 is 1.05 bits per heavy atom. The molecule has 0 aromatic heterocycles. The predicted molar refractivity (Wildman–Crippen MR) is 157 cm³/mol. The van der Waals surface area contributed by atoms with Crippen molar-refractivity contribution < 1.29 is 14.3 Å². The Kier molecular flexibility index (Phi) is 10.5. The van der Waals surface area contributed by atoms with Gasteiger partial charge in [0, 0.05) is 6.61 Å². The lowest BCUT2D eigenvalue weighted by Gasteiger charge is -2.58. The number of ether oxygens (including phenoxy) is 2. The topological polar surface area (TPSA) is 47.6 Å². The number of fused-ring (bicyclic) bond motifs is 5. The van der Waals surface area contributed by atoms with Crippen LogP contribution in [0.2, 0.25) is 0 Å². The Labute approximate surface area is 234 Å². The quantitative estimate of drug-likeness (QED) is 0.149. The van der Waals surface area contributed by atoms with E-state index < -0.39 is 0 Å². The van der Waals surface area contributed by atoms with Crippen LogP contribution in [-0.4, -0.2) is 38.4 Å². The van der Waals surface area contributed by atoms with Gasteiger partial charge in [0.25, 0.3) is 0 Å². The molecule has 0 spiro atoms. The second-order valence-electron chi connectivity index (χ2n) is 14.4. The van der Waals surface area contributed by atoms with Crippen molar-refractivity contribution in [2.24, 2.45) is 46.3 Å². The van der Waals surface area contributed by atoms with Gasteiger partial charge in [0.05, 0.1) is 19.3 Å². The largest absolute Gasteiger partial charge is 0.465 e. The summed E-state index contributed by atoms with van der Waals surface area (Å²) in [7, 11) is 0. The number of allylic oxidation sites excluding steroid dienone is 1. The van der Waals surface area contributed by atoms with E-state index >= 15 is 0 Å². The lowest BCUT2D eigenvalue weighted by atomic mass is 9.47. The first-order valence-corrected chi connectivity index (χ1v) is 16.4. The molecule has 3 saturated carbocycles. The Morgan fingerprint density at radius 3 is 2.63 bits per heavy atom. The third kappa shape index (κ3) is 6.54. The average molecular weight is 530 g/mol. The van der Waals surface area contributed by atoms with Crippen LogP contribution < -0.4 is 5.32 Å². The first-order valence-electron chi connectivity index (χ1n) is 16.4. The monoisotopic (exact) mass is 529 g/mol. The summed E-state index contributed by atoms with van der Waals surface area (Å²) in [5, 5.41) is 3.17. The fraction of sp³-hybridized carbons (Fsp3) is 0.912. The van der Waals surface area contributed by atoms with E-state index in [0.29, 0.717) is 30.1 Å². The summed E-state index contributed by atoms with van der Waals surface area (Å²) >= 11 is 0. The van der Waals surface area contributed by atoms with Gasteiger partial charge in [0.1, 0.15) is 0 Å². The van der Waals surface area contributed by atoms with Gasteiger partial charge in [-0.05, 0) is 118 Å². The zero-order valence-corrected chi connectivity index (χ0v) is 25.7. The zero-order valence-electron chi connectivity index (χ0n) is 25.7. The highest BCUT2D eigenvalue weighted by Crippen LogP contribution is 2.67. The van der Waals surface area contributed by atoms with Gasteiger partial charge in [-0.2, -0.15) is 0 Å². The smallest absolute Gasteiger partial charge is 0.319 e. The third-order valence-corrected chi connectivity index (χ3v) is 11.7. The molecule has 218 valence electrons. The van der Waals surface area contributed by atoms with Crippen molar-refractivity contribution in [2.45, 2.75) is 125 Å². The molecule has 4 heteroatoms. The SMILES string of the molecule is CCOC(=O)CNCCCO[C@H]1CC[C@@]2(C)C(=CCC3C2CC[C@@]2(C)C3CC[C@@H]2[C@H](C)CCCC(C)C)C1. The van der Waals surface area contributed by atoms with Gasteiger partial charge < -0.3 is 14.8 Å². The molecule has 4 aliphatic carbocycles. The van der Waals surface area contributed by atoms with Crippen molar-refractivity contribution in [2.75, 3.05) is 26.3 Å². The number of carbonyl (C=O) groups is 1. The highest BCUT2D eigenvalue weighted by Gasteiger charge is 2.59. The molecule has 38 heavy (non-hydrogen) atoms. The van der Waals surface area contributed by atoms with E-state index in [1.807, 2.05) is 6.92 Å². The van der Waals surface area contributed by atoms with Crippen molar-refractivity contribution in [3.05, 3.63) is 11.6 Å². The van der Waals surface area contributed by atoms with Crippen molar-refractivity contribution in [1.82, 2.24) is 5.32 Å². The van der Waals surface area contributed by atoms with Gasteiger partial charge in [-0.15, -0.1) is 0 Å². The molecule has 0 saturated heterocycles. The molecule has 0 amide bonds. The molecule has 1 N–H and O–H groups in total. The summed E-state index contributed by atoms with van der Waals surface area (Å²) in [5.41, 5.74) is 2.68. The number of nitrogens with one attached hydrogen (secondary N) is 1. The maximum atomic E-state index is 11.4. The number of rotatable bonds is 13. The molecule has 0 radical (unpaired) electrons. The normalized spacial score (nSPS) is 37.2. The van der Waals surface area contributed by atoms with Crippen molar-refractivity contribution in [1.29, 1.82) is 0 Å². The highest BCUT2D eigenvalue weighted by atomic mass is 16.5. The predicted octanol–water partition coefficient (Wildman–Crippen LogP) is 7.96. The molecule has 0 aromatic carbocycles. The lowest BCUT2D eigenvalue weighted by molar-refractivity contribution is -0.142. The maximum absolute atomic E-state index is 11.4. The molecule has 0 bridgehead atoms. The Hall–Kier alpha value is -0.870. The minimum atomic E-state index is -0.171. The summed E-state index contributed by atoms with van der Waals surface area (Å²) in [6.45, 7) is 16.8. The fourth-order valence-corrected chi connectivity index (χ4v) is 9.64.